The van der Waals surface area contributed by atoms with E-state index in [-0.39, 0.29) is 30.1 Å². The van der Waals surface area contributed by atoms with Gasteiger partial charge in [-0.1, -0.05) is 19.1 Å². The van der Waals surface area contributed by atoms with Gasteiger partial charge < -0.3 is 15.0 Å². The molecule has 2 fully saturated rings. The van der Waals surface area contributed by atoms with Crippen molar-refractivity contribution in [2.75, 3.05) is 26.7 Å². The molecule has 0 radical (unpaired) electrons. The largest absolute Gasteiger partial charge is 0.497 e. The third kappa shape index (κ3) is 5.12. The van der Waals surface area contributed by atoms with Gasteiger partial charge in [-0.05, 0) is 78.8 Å². The van der Waals surface area contributed by atoms with Gasteiger partial charge in [-0.3, -0.25) is 9.59 Å². The molecule has 5 nitrogen and oxygen atoms in total. The smallest absolute Gasteiger partial charge is 0.254 e. The molecule has 4 rings (SSSR count). The number of nitrogens with one attached hydrogen (secondary N) is 1. The lowest BCUT2D eigenvalue weighted by Crippen LogP contribution is -2.49. The van der Waals surface area contributed by atoms with Gasteiger partial charge in [-0.2, -0.15) is 0 Å². The zero-order valence-electron chi connectivity index (χ0n) is 18.8. The second-order valence-corrected chi connectivity index (χ2v) is 9.14. The Bertz CT molecular complexity index is 976. The second kappa shape index (κ2) is 9.72. The molecule has 2 aliphatic rings. The van der Waals surface area contributed by atoms with Crippen molar-refractivity contribution in [3.05, 3.63) is 65.0 Å². The quantitative estimate of drug-likeness (QED) is 0.723. The van der Waals surface area contributed by atoms with E-state index < -0.39 is 0 Å². The third-order valence-electron chi connectivity index (χ3n) is 6.88. The predicted octanol–water partition coefficient (Wildman–Crippen LogP) is 4.48. The fourth-order valence-electron chi connectivity index (χ4n) is 5.11. The molecule has 0 bridgehead atoms. The average Bonchev–Trinajstić information content (AvgIpc) is 3.26. The number of piperazine rings is 1. The van der Waals surface area contributed by atoms with E-state index in [0.717, 1.165) is 31.2 Å². The molecule has 1 heterocycles. The van der Waals surface area contributed by atoms with Gasteiger partial charge >= 0.3 is 0 Å². The summed E-state index contributed by atoms with van der Waals surface area (Å²) in [7, 11) is 1.56. The minimum atomic E-state index is -0.254. The van der Waals surface area contributed by atoms with Crippen LogP contribution in [0.4, 0.5) is 4.39 Å². The first-order valence-corrected chi connectivity index (χ1v) is 11.4. The number of carbonyl (C=O) groups is 2. The summed E-state index contributed by atoms with van der Waals surface area (Å²) in [6, 6.07) is 12.9. The van der Waals surface area contributed by atoms with Crippen molar-refractivity contribution in [1.29, 1.82) is 0 Å². The minimum Gasteiger partial charge on any atom is -0.497 e. The molecule has 2 amide bonds. The predicted molar refractivity (Wildman–Crippen MR) is 121 cm³/mol. The Hall–Kier alpha value is -2.89. The Kier molecular flexibility index (Phi) is 6.77. The summed E-state index contributed by atoms with van der Waals surface area (Å²) in [5.74, 6) is 1.46. The number of amides is 2. The van der Waals surface area contributed by atoms with Gasteiger partial charge in [0, 0.05) is 24.7 Å². The summed E-state index contributed by atoms with van der Waals surface area (Å²) in [5.41, 5.74) is 2.88. The van der Waals surface area contributed by atoms with Crippen LogP contribution in [0.2, 0.25) is 0 Å². The van der Waals surface area contributed by atoms with Crippen molar-refractivity contribution < 1.29 is 18.7 Å². The van der Waals surface area contributed by atoms with E-state index in [1.54, 1.807) is 18.1 Å². The Morgan fingerprint density at radius 3 is 2.72 bits per heavy atom. The third-order valence-corrected chi connectivity index (χ3v) is 6.88. The average molecular weight is 439 g/mol. The maximum absolute atomic E-state index is 13.9. The zero-order chi connectivity index (χ0) is 22.7. The molecule has 32 heavy (non-hydrogen) atoms. The lowest BCUT2D eigenvalue weighted by atomic mass is 9.88. The summed E-state index contributed by atoms with van der Waals surface area (Å²) in [6.45, 7) is 3.34. The van der Waals surface area contributed by atoms with E-state index in [2.05, 4.69) is 24.4 Å². The number of halogens is 1. The molecule has 1 aliphatic heterocycles. The SMILES string of the molecule is COc1cc(F)cc([C@@H](C)C[C@H]2CC[C@@H](c3ccc(C(=O)N4CCNC(=O)C4)cc3)C2)c1. The number of hydrogen-bond acceptors (Lipinski definition) is 3. The monoisotopic (exact) mass is 438 g/mol. The first-order chi connectivity index (χ1) is 15.4. The number of benzene rings is 2. The first-order valence-electron chi connectivity index (χ1n) is 11.4. The number of carbonyl (C=O) groups excluding carboxylic acids is 2. The molecule has 1 aliphatic carbocycles. The van der Waals surface area contributed by atoms with Crippen molar-refractivity contribution in [2.45, 2.75) is 44.4 Å². The molecule has 1 saturated heterocycles. The van der Waals surface area contributed by atoms with Crippen LogP contribution in [0.1, 0.15) is 65.9 Å². The van der Waals surface area contributed by atoms with Crippen LogP contribution in [-0.4, -0.2) is 43.5 Å². The Balaban J connectivity index is 1.34. The highest BCUT2D eigenvalue weighted by Crippen LogP contribution is 2.42. The summed E-state index contributed by atoms with van der Waals surface area (Å²) >= 11 is 0. The standard InChI is InChI=1S/C26H31FN2O3/c1-17(22-13-23(27)15-24(14-22)32-2)11-18-3-4-21(12-18)19-5-7-20(8-6-19)26(31)29-10-9-28-25(30)16-29/h5-8,13-15,17-18,21H,3-4,9-12,16H2,1-2H3,(H,28,30)/t17-,18+,21+/m0/s1. The number of ether oxygens (including phenoxy) is 1. The number of rotatable bonds is 6. The highest BCUT2D eigenvalue weighted by atomic mass is 19.1. The molecular formula is C26H31FN2O3. The molecule has 0 aromatic heterocycles. The lowest BCUT2D eigenvalue weighted by Gasteiger charge is -2.26. The molecule has 0 unspecified atom stereocenters. The normalized spacial score (nSPS) is 21.8. The number of methoxy groups -OCH3 is 1. The van der Waals surface area contributed by atoms with Crippen LogP contribution in [0.5, 0.6) is 5.75 Å². The Morgan fingerprint density at radius 2 is 2.00 bits per heavy atom. The lowest BCUT2D eigenvalue weighted by molar-refractivity contribution is -0.123. The van der Waals surface area contributed by atoms with Gasteiger partial charge in [-0.25, -0.2) is 4.39 Å². The van der Waals surface area contributed by atoms with E-state index in [0.29, 0.717) is 36.2 Å². The molecular weight excluding hydrogens is 407 g/mol. The van der Waals surface area contributed by atoms with Crippen LogP contribution in [0, 0.1) is 11.7 Å². The molecule has 3 atom stereocenters. The van der Waals surface area contributed by atoms with Crippen LogP contribution in [0.25, 0.3) is 0 Å². The number of hydrogen-bond donors (Lipinski definition) is 1. The number of nitrogens with zero attached hydrogens (tertiary/aromatic N) is 1. The fourth-order valence-corrected chi connectivity index (χ4v) is 5.11. The van der Waals surface area contributed by atoms with Crippen molar-refractivity contribution >= 4 is 11.8 Å². The van der Waals surface area contributed by atoms with Gasteiger partial charge in [-0.15, -0.1) is 0 Å². The van der Waals surface area contributed by atoms with Gasteiger partial charge in [0.1, 0.15) is 11.6 Å². The van der Waals surface area contributed by atoms with Gasteiger partial charge in [0.15, 0.2) is 0 Å². The zero-order valence-corrected chi connectivity index (χ0v) is 18.8. The molecule has 1 saturated carbocycles. The van der Waals surface area contributed by atoms with Crippen molar-refractivity contribution in [1.82, 2.24) is 10.2 Å². The molecule has 170 valence electrons. The van der Waals surface area contributed by atoms with E-state index in [9.17, 15) is 14.0 Å². The summed E-state index contributed by atoms with van der Waals surface area (Å²) < 4.78 is 19.1. The highest BCUT2D eigenvalue weighted by Gasteiger charge is 2.28. The van der Waals surface area contributed by atoms with Crippen molar-refractivity contribution in [3.8, 4) is 5.75 Å². The molecule has 2 aromatic rings. The van der Waals surface area contributed by atoms with Crippen LogP contribution in [-0.2, 0) is 4.79 Å². The summed E-state index contributed by atoms with van der Waals surface area (Å²) in [4.78, 5) is 25.8. The van der Waals surface area contributed by atoms with Crippen LogP contribution in [0.3, 0.4) is 0 Å². The van der Waals surface area contributed by atoms with Crippen LogP contribution in [0.15, 0.2) is 42.5 Å². The van der Waals surface area contributed by atoms with E-state index in [1.165, 1.54) is 11.6 Å². The maximum Gasteiger partial charge on any atom is 0.254 e. The van der Waals surface area contributed by atoms with Crippen molar-refractivity contribution in [2.24, 2.45) is 5.92 Å². The minimum absolute atomic E-state index is 0.0879. The first kappa shape index (κ1) is 22.3. The van der Waals surface area contributed by atoms with E-state index in [4.69, 9.17) is 4.74 Å². The van der Waals surface area contributed by atoms with Gasteiger partial charge in [0.25, 0.3) is 5.91 Å². The van der Waals surface area contributed by atoms with Crippen LogP contribution < -0.4 is 10.1 Å². The topological polar surface area (TPSA) is 58.6 Å². The fraction of sp³-hybridized carbons (Fsp3) is 0.462. The summed E-state index contributed by atoms with van der Waals surface area (Å²) in [6.07, 6.45) is 4.42. The van der Waals surface area contributed by atoms with E-state index >= 15 is 0 Å². The van der Waals surface area contributed by atoms with Crippen LogP contribution >= 0.6 is 0 Å². The Labute approximate surface area is 188 Å². The molecule has 0 spiro atoms. The highest BCUT2D eigenvalue weighted by molar-refractivity contribution is 5.97. The summed E-state index contributed by atoms with van der Waals surface area (Å²) in [5, 5.41) is 2.74. The van der Waals surface area contributed by atoms with Gasteiger partial charge in [0.2, 0.25) is 5.91 Å². The van der Waals surface area contributed by atoms with E-state index in [1.807, 2.05) is 18.2 Å². The maximum atomic E-state index is 13.9. The van der Waals surface area contributed by atoms with Gasteiger partial charge in [0.05, 0.1) is 13.7 Å². The molecule has 2 aromatic carbocycles. The second-order valence-electron chi connectivity index (χ2n) is 9.14. The molecule has 1 N–H and O–H groups in total. The van der Waals surface area contributed by atoms with Crippen molar-refractivity contribution in [3.63, 3.8) is 0 Å². The molecule has 6 heteroatoms. The Morgan fingerprint density at radius 1 is 1.22 bits per heavy atom.